The number of nitro groups is 1. The number of benzene rings is 1. The monoisotopic (exact) mass is 247 g/mol. The Balaban J connectivity index is 2.80. The van der Waals surface area contributed by atoms with Gasteiger partial charge in [0.2, 0.25) is 0 Å². The number of non-ortho nitro benzene ring substituents is 1. The first-order valence-electron chi connectivity index (χ1n) is 4.78. The second-order valence-electron chi connectivity index (χ2n) is 3.11. The zero-order chi connectivity index (χ0) is 13.5. The zero-order valence-electron chi connectivity index (χ0n) is 9.41. The molecule has 0 saturated heterocycles. The molecule has 92 valence electrons. The lowest BCUT2D eigenvalue weighted by molar-refractivity contribution is -0.384. The third-order valence-electron chi connectivity index (χ3n) is 1.99. The van der Waals surface area contributed by atoms with Gasteiger partial charge in [-0.25, -0.2) is 4.79 Å². The molecule has 1 aromatic rings. The Bertz CT molecular complexity index is 528. The SMILES string of the molecule is COC(=O)/C(C#N)=C\Nc1ccc([N+](=O)[O-])cc1. The standard InChI is InChI=1S/C11H9N3O4/c1-18-11(15)8(6-12)7-13-9-2-4-10(5-3-9)14(16)17/h2-5,7,13H,1H3/b8-7-. The van der Waals surface area contributed by atoms with Gasteiger partial charge in [-0.2, -0.15) is 5.26 Å². The fraction of sp³-hybridized carbons (Fsp3) is 0.0909. The van der Waals surface area contributed by atoms with Crippen LogP contribution in [-0.4, -0.2) is 18.0 Å². The highest BCUT2D eigenvalue weighted by molar-refractivity contribution is 5.93. The molecule has 0 amide bonds. The van der Waals surface area contributed by atoms with E-state index in [-0.39, 0.29) is 11.3 Å². The molecule has 0 aliphatic rings. The molecular formula is C11H9N3O4. The lowest BCUT2D eigenvalue weighted by atomic mass is 10.2. The van der Waals surface area contributed by atoms with Crippen LogP contribution < -0.4 is 5.32 Å². The summed E-state index contributed by atoms with van der Waals surface area (Å²) in [6.07, 6.45) is 1.17. The maximum Gasteiger partial charge on any atom is 0.350 e. The van der Waals surface area contributed by atoms with Crippen molar-refractivity contribution in [2.45, 2.75) is 0 Å². The van der Waals surface area contributed by atoms with Crippen LogP contribution in [0.5, 0.6) is 0 Å². The number of hydrogen-bond acceptors (Lipinski definition) is 6. The number of carbonyl (C=O) groups excluding carboxylic acids is 1. The third kappa shape index (κ3) is 3.31. The number of nitro benzene ring substituents is 1. The summed E-state index contributed by atoms with van der Waals surface area (Å²) in [6.45, 7) is 0. The first kappa shape index (κ1) is 13.2. The van der Waals surface area contributed by atoms with Gasteiger partial charge in [-0.3, -0.25) is 10.1 Å². The molecule has 0 fully saturated rings. The van der Waals surface area contributed by atoms with Gasteiger partial charge < -0.3 is 10.1 Å². The van der Waals surface area contributed by atoms with Gasteiger partial charge in [0.1, 0.15) is 6.07 Å². The van der Waals surface area contributed by atoms with Crippen LogP contribution in [0.2, 0.25) is 0 Å². The summed E-state index contributed by atoms with van der Waals surface area (Å²) in [5.41, 5.74) is 0.270. The minimum atomic E-state index is -0.757. The topological polar surface area (TPSA) is 105 Å². The van der Waals surface area contributed by atoms with Crippen LogP contribution in [0, 0.1) is 21.4 Å². The largest absolute Gasteiger partial charge is 0.465 e. The summed E-state index contributed by atoms with van der Waals surface area (Å²) in [5, 5.41) is 21.8. The number of rotatable bonds is 4. The number of esters is 1. The van der Waals surface area contributed by atoms with Crippen molar-refractivity contribution >= 4 is 17.3 Å². The highest BCUT2D eigenvalue weighted by Gasteiger charge is 2.08. The second-order valence-corrected chi connectivity index (χ2v) is 3.11. The summed E-state index contributed by atoms with van der Waals surface area (Å²) < 4.78 is 4.38. The predicted molar refractivity (Wildman–Crippen MR) is 62.4 cm³/mol. The maximum absolute atomic E-state index is 11.1. The van der Waals surface area contributed by atoms with Crippen molar-refractivity contribution in [1.29, 1.82) is 5.26 Å². The number of carbonyl (C=O) groups is 1. The molecule has 0 heterocycles. The number of ether oxygens (including phenoxy) is 1. The number of methoxy groups -OCH3 is 1. The van der Waals surface area contributed by atoms with Crippen molar-refractivity contribution in [3.05, 3.63) is 46.2 Å². The molecule has 0 bridgehead atoms. The highest BCUT2D eigenvalue weighted by Crippen LogP contribution is 2.15. The highest BCUT2D eigenvalue weighted by atomic mass is 16.6. The van der Waals surface area contributed by atoms with Gasteiger partial charge in [-0.15, -0.1) is 0 Å². The van der Waals surface area contributed by atoms with Crippen molar-refractivity contribution in [2.75, 3.05) is 12.4 Å². The van der Waals surface area contributed by atoms with Crippen LogP contribution in [-0.2, 0) is 9.53 Å². The maximum atomic E-state index is 11.1. The molecule has 0 saturated carbocycles. The quantitative estimate of drug-likeness (QED) is 0.285. The molecule has 18 heavy (non-hydrogen) atoms. The first-order chi connectivity index (χ1) is 8.58. The Morgan fingerprint density at radius 2 is 2.11 bits per heavy atom. The summed E-state index contributed by atoms with van der Waals surface area (Å²) in [6, 6.07) is 7.20. The van der Waals surface area contributed by atoms with Gasteiger partial charge in [0.05, 0.1) is 12.0 Å². The van der Waals surface area contributed by atoms with E-state index in [0.29, 0.717) is 5.69 Å². The summed E-state index contributed by atoms with van der Waals surface area (Å²) in [4.78, 5) is 21.0. The van der Waals surface area contributed by atoms with E-state index in [2.05, 4.69) is 10.1 Å². The van der Waals surface area contributed by atoms with Gasteiger partial charge in [0.15, 0.2) is 5.57 Å². The molecule has 7 nitrogen and oxygen atoms in total. The van der Waals surface area contributed by atoms with E-state index >= 15 is 0 Å². The molecular weight excluding hydrogens is 238 g/mol. The lowest BCUT2D eigenvalue weighted by Crippen LogP contribution is -2.05. The predicted octanol–water partition coefficient (Wildman–Crippen LogP) is 1.59. The number of nitrogens with zero attached hydrogens (tertiary/aromatic N) is 2. The summed E-state index contributed by atoms with van der Waals surface area (Å²) in [7, 11) is 1.17. The summed E-state index contributed by atoms with van der Waals surface area (Å²) >= 11 is 0. The van der Waals surface area contributed by atoms with Crippen LogP contribution in [0.25, 0.3) is 0 Å². The Kier molecular flexibility index (Phi) is 4.40. The molecule has 0 spiro atoms. The molecule has 1 rings (SSSR count). The van der Waals surface area contributed by atoms with Crippen LogP contribution >= 0.6 is 0 Å². The number of anilines is 1. The molecule has 0 atom stereocenters. The van der Waals surface area contributed by atoms with Gasteiger partial charge in [0.25, 0.3) is 5.69 Å². The molecule has 0 radical (unpaired) electrons. The van der Waals surface area contributed by atoms with Crippen LogP contribution in [0.1, 0.15) is 0 Å². The van der Waals surface area contributed by atoms with Gasteiger partial charge in [-0.1, -0.05) is 0 Å². The molecule has 7 heteroatoms. The molecule has 0 unspecified atom stereocenters. The minimum Gasteiger partial charge on any atom is -0.465 e. The van der Waals surface area contributed by atoms with E-state index < -0.39 is 10.9 Å². The van der Waals surface area contributed by atoms with E-state index in [1.807, 2.05) is 0 Å². The fourth-order valence-corrected chi connectivity index (χ4v) is 1.08. The van der Waals surface area contributed by atoms with Crippen molar-refractivity contribution in [1.82, 2.24) is 0 Å². The lowest BCUT2D eigenvalue weighted by Gasteiger charge is -2.01. The Morgan fingerprint density at radius 1 is 1.50 bits per heavy atom. The molecule has 0 aliphatic heterocycles. The van der Waals surface area contributed by atoms with E-state index in [0.717, 1.165) is 0 Å². The average molecular weight is 247 g/mol. The number of nitrogens with one attached hydrogen (secondary N) is 1. The second kappa shape index (κ2) is 6.00. The van der Waals surface area contributed by atoms with Crippen LogP contribution in [0.4, 0.5) is 11.4 Å². The van der Waals surface area contributed by atoms with E-state index in [1.54, 1.807) is 6.07 Å². The first-order valence-corrected chi connectivity index (χ1v) is 4.78. The molecule has 1 N–H and O–H groups in total. The fourth-order valence-electron chi connectivity index (χ4n) is 1.08. The van der Waals surface area contributed by atoms with Crippen molar-refractivity contribution in [3.8, 4) is 6.07 Å². The average Bonchev–Trinajstić information content (AvgIpc) is 2.39. The third-order valence-corrected chi connectivity index (χ3v) is 1.99. The Labute approximate surface area is 102 Å². The van der Waals surface area contributed by atoms with E-state index in [9.17, 15) is 14.9 Å². The van der Waals surface area contributed by atoms with Crippen LogP contribution in [0.15, 0.2) is 36.0 Å². The number of nitriles is 1. The van der Waals surface area contributed by atoms with Gasteiger partial charge >= 0.3 is 5.97 Å². The zero-order valence-corrected chi connectivity index (χ0v) is 9.41. The molecule has 0 aromatic heterocycles. The van der Waals surface area contributed by atoms with E-state index in [1.165, 1.54) is 37.6 Å². The van der Waals surface area contributed by atoms with Crippen molar-refractivity contribution in [2.24, 2.45) is 0 Å². The minimum absolute atomic E-state index is 0.0435. The van der Waals surface area contributed by atoms with Gasteiger partial charge in [0, 0.05) is 24.0 Å². The number of hydrogen-bond donors (Lipinski definition) is 1. The van der Waals surface area contributed by atoms with E-state index in [4.69, 9.17) is 5.26 Å². The normalized spacial score (nSPS) is 10.3. The van der Waals surface area contributed by atoms with Crippen molar-refractivity contribution in [3.63, 3.8) is 0 Å². The Hall–Kier alpha value is -2.88. The summed E-state index contributed by atoms with van der Waals surface area (Å²) in [5.74, 6) is -0.757. The molecule has 1 aromatic carbocycles. The molecule has 0 aliphatic carbocycles. The van der Waals surface area contributed by atoms with Crippen molar-refractivity contribution < 1.29 is 14.5 Å². The Morgan fingerprint density at radius 3 is 2.56 bits per heavy atom. The smallest absolute Gasteiger partial charge is 0.350 e. The van der Waals surface area contributed by atoms with Crippen LogP contribution in [0.3, 0.4) is 0 Å². The van der Waals surface area contributed by atoms with Gasteiger partial charge in [-0.05, 0) is 12.1 Å².